The molecule has 0 aliphatic carbocycles. The lowest BCUT2D eigenvalue weighted by Crippen LogP contribution is -2.47. The summed E-state index contributed by atoms with van der Waals surface area (Å²) in [5.74, 6) is -1.71. The van der Waals surface area contributed by atoms with Crippen molar-refractivity contribution in [1.82, 2.24) is 5.32 Å². The highest BCUT2D eigenvalue weighted by Crippen LogP contribution is 2.20. The number of methoxy groups -OCH3 is 2. The second-order valence-electron chi connectivity index (χ2n) is 8.45. The van der Waals surface area contributed by atoms with Gasteiger partial charge < -0.3 is 25.4 Å². The van der Waals surface area contributed by atoms with Crippen molar-refractivity contribution in [3.05, 3.63) is 89.5 Å². The van der Waals surface area contributed by atoms with E-state index >= 15 is 0 Å². The van der Waals surface area contributed by atoms with Crippen molar-refractivity contribution in [2.24, 2.45) is 5.92 Å². The number of nitrogens with one attached hydrogen (secondary N) is 3. The van der Waals surface area contributed by atoms with Crippen LogP contribution in [0.3, 0.4) is 0 Å². The molecule has 0 saturated heterocycles. The fourth-order valence-electron chi connectivity index (χ4n) is 3.57. The molecule has 0 spiro atoms. The number of carbonyl (C=O) groups is 4. The molecule has 0 radical (unpaired) electrons. The maximum absolute atomic E-state index is 13.2. The van der Waals surface area contributed by atoms with Crippen LogP contribution in [0.5, 0.6) is 5.75 Å². The smallest absolute Gasteiger partial charge is 0.339 e. The molecule has 0 aliphatic rings. The lowest BCUT2D eigenvalue weighted by molar-refractivity contribution is -0.118. The average Bonchev–Trinajstić information content (AvgIpc) is 2.91. The molecule has 9 heteroatoms. The molecule has 37 heavy (non-hydrogen) atoms. The first-order valence-corrected chi connectivity index (χ1v) is 11.6. The highest BCUT2D eigenvalue weighted by atomic mass is 16.5. The van der Waals surface area contributed by atoms with E-state index in [1.165, 1.54) is 20.3 Å². The Morgan fingerprint density at radius 3 is 1.84 bits per heavy atom. The number of para-hydroxylation sites is 2. The monoisotopic (exact) mass is 503 g/mol. The summed E-state index contributed by atoms with van der Waals surface area (Å²) in [7, 11) is 2.79. The lowest BCUT2D eigenvalue weighted by atomic mass is 10.0. The Balaban J connectivity index is 1.78. The SMILES string of the molecule is COC(=O)c1ccccc1NC(=O)C(NC(=O)c1ccccc1NC(=O)c1ccc(OC)cc1)C(C)C. The third kappa shape index (κ3) is 6.72. The number of hydrogen-bond acceptors (Lipinski definition) is 6. The van der Waals surface area contributed by atoms with E-state index in [1.807, 2.05) is 0 Å². The topological polar surface area (TPSA) is 123 Å². The summed E-state index contributed by atoms with van der Waals surface area (Å²) in [4.78, 5) is 51.2. The molecule has 3 aromatic carbocycles. The highest BCUT2D eigenvalue weighted by Gasteiger charge is 2.27. The number of hydrogen-bond donors (Lipinski definition) is 3. The maximum atomic E-state index is 13.2. The first-order valence-electron chi connectivity index (χ1n) is 11.6. The van der Waals surface area contributed by atoms with Gasteiger partial charge in [-0.05, 0) is 54.4 Å². The molecular formula is C28H29N3O6. The van der Waals surface area contributed by atoms with Crippen LogP contribution in [0.15, 0.2) is 72.8 Å². The summed E-state index contributed by atoms with van der Waals surface area (Å²) in [6.45, 7) is 3.57. The van der Waals surface area contributed by atoms with E-state index in [0.717, 1.165) is 0 Å². The van der Waals surface area contributed by atoms with E-state index in [-0.39, 0.29) is 22.7 Å². The van der Waals surface area contributed by atoms with Gasteiger partial charge in [-0.25, -0.2) is 4.79 Å². The largest absolute Gasteiger partial charge is 0.497 e. The summed E-state index contributed by atoms with van der Waals surface area (Å²) in [5.41, 5.74) is 1.34. The number of benzene rings is 3. The molecule has 3 amide bonds. The van der Waals surface area contributed by atoms with Gasteiger partial charge in [0.15, 0.2) is 0 Å². The summed E-state index contributed by atoms with van der Waals surface area (Å²) < 4.78 is 9.89. The lowest BCUT2D eigenvalue weighted by Gasteiger charge is -2.23. The number of amides is 3. The van der Waals surface area contributed by atoms with Crippen molar-refractivity contribution in [3.63, 3.8) is 0 Å². The Kier molecular flexibility index (Phi) is 8.99. The van der Waals surface area contributed by atoms with Crippen LogP contribution in [0.4, 0.5) is 11.4 Å². The number of esters is 1. The maximum Gasteiger partial charge on any atom is 0.339 e. The van der Waals surface area contributed by atoms with Crippen LogP contribution < -0.4 is 20.7 Å². The highest BCUT2D eigenvalue weighted by molar-refractivity contribution is 6.10. The zero-order valence-electron chi connectivity index (χ0n) is 21.0. The Bertz CT molecular complexity index is 1290. The molecule has 192 valence electrons. The molecule has 0 fully saturated rings. The molecule has 0 saturated carbocycles. The average molecular weight is 504 g/mol. The normalized spacial score (nSPS) is 11.3. The number of rotatable bonds is 9. The Hall–Kier alpha value is -4.66. The van der Waals surface area contributed by atoms with Gasteiger partial charge in [0.2, 0.25) is 5.91 Å². The van der Waals surface area contributed by atoms with Gasteiger partial charge in [-0.3, -0.25) is 14.4 Å². The predicted molar refractivity (Wildman–Crippen MR) is 140 cm³/mol. The zero-order valence-corrected chi connectivity index (χ0v) is 21.0. The van der Waals surface area contributed by atoms with Gasteiger partial charge in [-0.15, -0.1) is 0 Å². The minimum Gasteiger partial charge on any atom is -0.497 e. The van der Waals surface area contributed by atoms with E-state index in [4.69, 9.17) is 9.47 Å². The standard InChI is InChI=1S/C28H29N3O6/c1-17(2)24(27(34)30-23-12-8-6-10-21(23)28(35)37-4)31-26(33)20-9-5-7-11-22(20)29-25(32)18-13-15-19(36-3)16-14-18/h5-17,24H,1-4H3,(H,29,32)(H,30,34)(H,31,33). The van der Waals surface area contributed by atoms with Gasteiger partial charge in [0.1, 0.15) is 11.8 Å². The minimum absolute atomic E-state index is 0.192. The van der Waals surface area contributed by atoms with Gasteiger partial charge in [-0.2, -0.15) is 0 Å². The van der Waals surface area contributed by atoms with Crippen molar-refractivity contribution in [2.75, 3.05) is 24.9 Å². The third-order valence-electron chi connectivity index (χ3n) is 5.60. The molecular weight excluding hydrogens is 474 g/mol. The Labute approximate surface area is 215 Å². The summed E-state index contributed by atoms with van der Waals surface area (Å²) >= 11 is 0. The molecule has 0 aromatic heterocycles. The van der Waals surface area contributed by atoms with E-state index in [0.29, 0.717) is 17.0 Å². The first-order chi connectivity index (χ1) is 17.7. The predicted octanol–water partition coefficient (Wildman–Crippen LogP) is 4.13. The fraction of sp³-hybridized carbons (Fsp3) is 0.214. The van der Waals surface area contributed by atoms with Crippen LogP contribution in [0, 0.1) is 5.92 Å². The van der Waals surface area contributed by atoms with Crippen LogP contribution in [-0.4, -0.2) is 44.0 Å². The van der Waals surface area contributed by atoms with Crippen molar-refractivity contribution in [2.45, 2.75) is 19.9 Å². The van der Waals surface area contributed by atoms with Gasteiger partial charge in [-0.1, -0.05) is 38.1 Å². The summed E-state index contributed by atoms with van der Waals surface area (Å²) in [5, 5.41) is 8.21. The van der Waals surface area contributed by atoms with Crippen molar-refractivity contribution >= 4 is 35.1 Å². The van der Waals surface area contributed by atoms with Crippen LogP contribution in [0.1, 0.15) is 44.9 Å². The number of ether oxygens (including phenoxy) is 2. The van der Waals surface area contributed by atoms with Crippen molar-refractivity contribution in [3.8, 4) is 5.75 Å². The second kappa shape index (κ2) is 12.3. The van der Waals surface area contributed by atoms with Crippen LogP contribution in [0.25, 0.3) is 0 Å². The number of anilines is 2. The van der Waals surface area contributed by atoms with E-state index in [1.54, 1.807) is 80.6 Å². The van der Waals surface area contributed by atoms with Gasteiger partial charge in [0, 0.05) is 5.56 Å². The molecule has 3 rings (SSSR count). The number of carbonyl (C=O) groups excluding carboxylic acids is 4. The molecule has 1 atom stereocenters. The molecule has 3 aromatic rings. The van der Waals surface area contributed by atoms with E-state index in [9.17, 15) is 19.2 Å². The molecule has 9 nitrogen and oxygen atoms in total. The quantitative estimate of drug-likeness (QED) is 0.378. The fourth-order valence-corrected chi connectivity index (χ4v) is 3.57. The second-order valence-corrected chi connectivity index (χ2v) is 8.45. The van der Waals surface area contributed by atoms with Gasteiger partial charge in [0.05, 0.1) is 36.7 Å². The van der Waals surface area contributed by atoms with E-state index in [2.05, 4.69) is 16.0 Å². The minimum atomic E-state index is -0.927. The molecule has 0 aliphatic heterocycles. The molecule has 0 bridgehead atoms. The summed E-state index contributed by atoms with van der Waals surface area (Å²) in [6, 6.07) is 18.6. The molecule has 1 unspecified atom stereocenters. The van der Waals surface area contributed by atoms with Crippen molar-refractivity contribution < 1.29 is 28.7 Å². The summed E-state index contributed by atoms with van der Waals surface area (Å²) in [6.07, 6.45) is 0. The zero-order chi connectivity index (χ0) is 26.9. The van der Waals surface area contributed by atoms with Crippen LogP contribution in [0.2, 0.25) is 0 Å². The van der Waals surface area contributed by atoms with Crippen LogP contribution >= 0.6 is 0 Å². The van der Waals surface area contributed by atoms with Crippen LogP contribution in [-0.2, 0) is 9.53 Å². The Morgan fingerprint density at radius 1 is 0.703 bits per heavy atom. The van der Waals surface area contributed by atoms with E-state index < -0.39 is 29.7 Å². The molecule has 3 N–H and O–H groups in total. The molecule has 0 heterocycles. The Morgan fingerprint density at radius 2 is 1.27 bits per heavy atom. The van der Waals surface area contributed by atoms with Gasteiger partial charge in [0.25, 0.3) is 11.8 Å². The van der Waals surface area contributed by atoms with Gasteiger partial charge >= 0.3 is 5.97 Å². The third-order valence-corrected chi connectivity index (χ3v) is 5.60. The van der Waals surface area contributed by atoms with Crippen molar-refractivity contribution in [1.29, 1.82) is 0 Å². The first kappa shape index (κ1) is 26.9.